The second-order valence-electron chi connectivity index (χ2n) is 7.77. The number of nitrogens with zero attached hydrogens (tertiary/aromatic N) is 1. The fourth-order valence-electron chi connectivity index (χ4n) is 4.38. The summed E-state index contributed by atoms with van der Waals surface area (Å²) in [6, 6.07) is -1.31. The zero-order valence-electron chi connectivity index (χ0n) is 16.6. The molecule has 0 bridgehead atoms. The van der Waals surface area contributed by atoms with E-state index in [1.807, 2.05) is 7.05 Å². The number of terminal acetylenes is 1. The Labute approximate surface area is 162 Å². The van der Waals surface area contributed by atoms with Crippen LogP contribution in [-0.4, -0.2) is 54.2 Å². The number of hydrogen-bond donors (Lipinski definition) is 2. The second-order valence-corrected chi connectivity index (χ2v) is 7.77. The van der Waals surface area contributed by atoms with Gasteiger partial charge in [-0.25, -0.2) is 0 Å². The van der Waals surface area contributed by atoms with Gasteiger partial charge in [0.2, 0.25) is 11.8 Å². The molecule has 2 rings (SSSR count). The van der Waals surface area contributed by atoms with E-state index in [-0.39, 0.29) is 23.6 Å². The summed E-state index contributed by atoms with van der Waals surface area (Å²) in [5.41, 5.74) is 0. The lowest BCUT2D eigenvalue weighted by Gasteiger charge is -2.34. The Morgan fingerprint density at radius 1 is 1.15 bits per heavy atom. The summed E-state index contributed by atoms with van der Waals surface area (Å²) in [5, 5.41) is 6.01. The number of nitrogens with one attached hydrogen (secondary N) is 2. The number of likely N-dealkylation sites (tertiary alicyclic amines) is 1. The molecule has 150 valence electrons. The van der Waals surface area contributed by atoms with Crippen molar-refractivity contribution in [2.24, 2.45) is 5.92 Å². The molecule has 2 aliphatic rings. The average Bonchev–Trinajstić information content (AvgIpc) is 3.16. The fourth-order valence-corrected chi connectivity index (χ4v) is 4.38. The van der Waals surface area contributed by atoms with Gasteiger partial charge in [0.05, 0.1) is 12.1 Å². The first-order valence-electron chi connectivity index (χ1n) is 10.2. The molecule has 27 heavy (non-hydrogen) atoms. The largest absolute Gasteiger partial charge is 0.344 e. The molecule has 0 aromatic heterocycles. The van der Waals surface area contributed by atoms with Crippen LogP contribution in [0.3, 0.4) is 0 Å². The van der Waals surface area contributed by atoms with Gasteiger partial charge in [-0.1, -0.05) is 19.3 Å². The van der Waals surface area contributed by atoms with E-state index >= 15 is 0 Å². The Morgan fingerprint density at radius 3 is 2.44 bits per heavy atom. The van der Waals surface area contributed by atoms with E-state index < -0.39 is 12.1 Å². The van der Waals surface area contributed by atoms with Crippen LogP contribution in [0.5, 0.6) is 0 Å². The molecule has 3 atom stereocenters. The molecule has 2 N–H and O–H groups in total. The minimum absolute atomic E-state index is 0.0186. The van der Waals surface area contributed by atoms with Crippen molar-refractivity contribution in [3.8, 4) is 12.3 Å². The second kappa shape index (κ2) is 10.5. The van der Waals surface area contributed by atoms with E-state index in [0.29, 0.717) is 31.7 Å². The third-order valence-corrected chi connectivity index (χ3v) is 5.92. The van der Waals surface area contributed by atoms with Gasteiger partial charge in [-0.15, -0.1) is 12.3 Å². The number of Topliss-reactive ketones (excluding diaryl/α,β-unsaturated/α-hetero) is 1. The highest BCUT2D eigenvalue weighted by atomic mass is 16.2. The average molecular weight is 376 g/mol. The smallest absolute Gasteiger partial charge is 0.243 e. The molecule has 0 spiro atoms. The first-order valence-corrected chi connectivity index (χ1v) is 10.2. The number of rotatable bonds is 8. The van der Waals surface area contributed by atoms with E-state index in [2.05, 4.69) is 16.6 Å². The van der Waals surface area contributed by atoms with Gasteiger partial charge in [0.15, 0.2) is 5.78 Å². The van der Waals surface area contributed by atoms with Crippen LogP contribution >= 0.6 is 0 Å². The Balaban J connectivity index is 2.03. The number of carbonyl (C=O) groups is 3. The maximum atomic E-state index is 13.2. The highest BCUT2D eigenvalue weighted by molar-refractivity contribution is 5.93. The topological polar surface area (TPSA) is 78.5 Å². The Bertz CT molecular complexity index is 578. The van der Waals surface area contributed by atoms with Gasteiger partial charge < -0.3 is 15.5 Å². The summed E-state index contributed by atoms with van der Waals surface area (Å²) in [6.45, 7) is 2.05. The molecule has 6 heteroatoms. The lowest BCUT2D eigenvalue weighted by Crippen LogP contribution is -2.55. The van der Waals surface area contributed by atoms with Crippen LogP contribution in [0.15, 0.2) is 0 Å². The molecule has 2 amide bonds. The number of amides is 2. The molecule has 2 fully saturated rings. The van der Waals surface area contributed by atoms with Crippen molar-refractivity contribution in [3.05, 3.63) is 0 Å². The van der Waals surface area contributed by atoms with Gasteiger partial charge in [-0.05, 0) is 52.0 Å². The fraction of sp³-hybridized carbons (Fsp3) is 0.762. The molecule has 1 heterocycles. The summed E-state index contributed by atoms with van der Waals surface area (Å²) in [5.74, 6) is 2.51. The molecular formula is C21H33N3O3. The monoisotopic (exact) mass is 375 g/mol. The lowest BCUT2D eigenvalue weighted by molar-refractivity contribution is -0.141. The molecule has 6 nitrogen and oxygen atoms in total. The van der Waals surface area contributed by atoms with Crippen LogP contribution in [0.25, 0.3) is 0 Å². The number of ketones is 1. The van der Waals surface area contributed by atoms with Crippen LogP contribution in [0.2, 0.25) is 0 Å². The zero-order valence-corrected chi connectivity index (χ0v) is 16.6. The minimum Gasteiger partial charge on any atom is -0.344 e. The summed E-state index contributed by atoms with van der Waals surface area (Å²) < 4.78 is 0. The quantitative estimate of drug-likeness (QED) is 0.632. The van der Waals surface area contributed by atoms with Crippen LogP contribution < -0.4 is 10.6 Å². The van der Waals surface area contributed by atoms with Gasteiger partial charge in [0.25, 0.3) is 0 Å². The van der Waals surface area contributed by atoms with Crippen molar-refractivity contribution in [2.75, 3.05) is 13.6 Å². The maximum Gasteiger partial charge on any atom is 0.243 e. The van der Waals surface area contributed by atoms with Gasteiger partial charge in [-0.3, -0.25) is 14.4 Å². The molecule has 0 aromatic carbocycles. The minimum atomic E-state index is -0.579. The normalized spacial score (nSPS) is 22.7. The van der Waals surface area contributed by atoms with Crippen LogP contribution in [0.1, 0.15) is 64.7 Å². The van der Waals surface area contributed by atoms with E-state index in [9.17, 15) is 14.4 Å². The summed E-state index contributed by atoms with van der Waals surface area (Å²) in [6.07, 6.45) is 13.3. The van der Waals surface area contributed by atoms with Crippen LogP contribution in [0.4, 0.5) is 0 Å². The van der Waals surface area contributed by atoms with Gasteiger partial charge in [0.1, 0.15) is 6.04 Å². The molecule has 0 aromatic rings. The van der Waals surface area contributed by atoms with Gasteiger partial charge in [0, 0.05) is 13.0 Å². The molecular weight excluding hydrogens is 342 g/mol. The third-order valence-electron chi connectivity index (χ3n) is 5.92. The lowest BCUT2D eigenvalue weighted by atomic mass is 9.83. The number of carbonyl (C=O) groups excluding carboxylic acids is 3. The zero-order chi connectivity index (χ0) is 19.8. The van der Waals surface area contributed by atoms with Crippen molar-refractivity contribution in [1.29, 1.82) is 0 Å². The Hall–Kier alpha value is -1.87. The maximum absolute atomic E-state index is 13.2. The molecule has 1 aliphatic heterocycles. The summed E-state index contributed by atoms with van der Waals surface area (Å²) >= 11 is 0. The van der Waals surface area contributed by atoms with Crippen molar-refractivity contribution in [3.63, 3.8) is 0 Å². The molecule has 1 saturated carbocycles. The molecule has 3 unspecified atom stereocenters. The van der Waals surface area contributed by atoms with Gasteiger partial charge in [-0.2, -0.15) is 0 Å². The van der Waals surface area contributed by atoms with Gasteiger partial charge >= 0.3 is 0 Å². The van der Waals surface area contributed by atoms with E-state index in [0.717, 1.165) is 32.1 Å². The predicted octanol–water partition coefficient (Wildman–Crippen LogP) is 1.63. The highest BCUT2D eigenvalue weighted by Gasteiger charge is 2.39. The van der Waals surface area contributed by atoms with Crippen molar-refractivity contribution in [1.82, 2.24) is 15.5 Å². The van der Waals surface area contributed by atoms with Crippen molar-refractivity contribution < 1.29 is 14.4 Å². The molecule has 1 aliphatic carbocycles. The van der Waals surface area contributed by atoms with E-state index in [1.165, 1.54) is 13.3 Å². The molecule has 1 saturated heterocycles. The van der Waals surface area contributed by atoms with Crippen LogP contribution in [0, 0.1) is 18.3 Å². The Kier molecular flexibility index (Phi) is 8.30. The first-order chi connectivity index (χ1) is 13.0. The van der Waals surface area contributed by atoms with E-state index in [1.54, 1.807) is 4.90 Å². The number of likely N-dealkylation sites (N-methyl/N-ethyl adjacent to an activating group) is 1. The summed E-state index contributed by atoms with van der Waals surface area (Å²) in [4.78, 5) is 39.5. The highest BCUT2D eigenvalue weighted by Crippen LogP contribution is 2.29. The first kappa shape index (κ1) is 21.4. The van der Waals surface area contributed by atoms with Crippen LogP contribution in [-0.2, 0) is 14.4 Å². The number of hydrogen-bond acceptors (Lipinski definition) is 4. The summed E-state index contributed by atoms with van der Waals surface area (Å²) in [7, 11) is 1.83. The standard InChI is InChI=1S/C21H33N3O3/c1-4-5-12-17(15(2)25)23-20(26)18-13-9-14-24(18)21(27)19(22-3)16-10-7-6-8-11-16/h1,16-19,22H,5-14H2,2-3H3,(H,23,26). The van der Waals surface area contributed by atoms with Crippen molar-refractivity contribution in [2.45, 2.75) is 82.8 Å². The SMILES string of the molecule is C#CCCC(NC(=O)C1CCCN1C(=O)C(NC)C1CCCCC1)C(C)=O. The Morgan fingerprint density at radius 2 is 1.85 bits per heavy atom. The third kappa shape index (κ3) is 5.55. The van der Waals surface area contributed by atoms with Crippen molar-refractivity contribution >= 4 is 17.6 Å². The van der Waals surface area contributed by atoms with E-state index in [4.69, 9.17) is 6.42 Å². The predicted molar refractivity (Wildman–Crippen MR) is 105 cm³/mol. The molecule has 0 radical (unpaired) electrons.